The molecule has 34 heavy (non-hydrogen) atoms. The number of hydrogen-bond donors (Lipinski definition) is 0. The SMILES string of the molecule is CSc1ccc(C=c2sc(=C(C#N)C(=O)N3CCOCC3)n(-c3cc(C)ccc3C)c2=O)cc1. The highest BCUT2D eigenvalue weighted by Gasteiger charge is 2.24. The summed E-state index contributed by atoms with van der Waals surface area (Å²) in [6.45, 7) is 5.58. The summed E-state index contributed by atoms with van der Waals surface area (Å²) in [4.78, 5) is 29.7. The van der Waals surface area contributed by atoms with Crippen LogP contribution in [0.3, 0.4) is 0 Å². The fraction of sp³-hybridized carbons (Fsp3) is 0.269. The number of rotatable bonds is 4. The Bertz CT molecular complexity index is 1440. The van der Waals surface area contributed by atoms with Gasteiger partial charge in [-0.15, -0.1) is 23.1 Å². The average Bonchev–Trinajstić information content (AvgIpc) is 3.17. The van der Waals surface area contributed by atoms with Crippen LogP contribution < -0.4 is 14.8 Å². The van der Waals surface area contributed by atoms with Gasteiger partial charge in [-0.3, -0.25) is 14.2 Å². The lowest BCUT2D eigenvalue weighted by Crippen LogP contribution is -2.42. The Morgan fingerprint density at radius 2 is 1.85 bits per heavy atom. The summed E-state index contributed by atoms with van der Waals surface area (Å²) in [5, 5.41) is 10.0. The van der Waals surface area contributed by atoms with Gasteiger partial charge in [-0.2, -0.15) is 5.26 Å². The van der Waals surface area contributed by atoms with Gasteiger partial charge in [0.1, 0.15) is 10.7 Å². The minimum atomic E-state index is -0.373. The van der Waals surface area contributed by atoms with E-state index in [4.69, 9.17) is 4.74 Å². The first kappa shape index (κ1) is 24.0. The number of carbonyl (C=O) groups is 1. The number of nitrogens with zero attached hydrogens (tertiary/aromatic N) is 3. The van der Waals surface area contributed by atoms with E-state index in [1.54, 1.807) is 16.7 Å². The van der Waals surface area contributed by atoms with E-state index in [1.807, 2.05) is 68.6 Å². The maximum atomic E-state index is 13.7. The Kier molecular flexibility index (Phi) is 7.37. The molecular weight excluding hydrogens is 466 g/mol. The van der Waals surface area contributed by atoms with Gasteiger partial charge in [-0.1, -0.05) is 24.3 Å². The van der Waals surface area contributed by atoms with Crippen molar-refractivity contribution in [1.82, 2.24) is 9.47 Å². The molecule has 2 aromatic carbocycles. The highest BCUT2D eigenvalue weighted by molar-refractivity contribution is 7.98. The summed E-state index contributed by atoms with van der Waals surface area (Å²) in [5.41, 5.74) is 3.16. The molecule has 2 heterocycles. The van der Waals surface area contributed by atoms with Crippen molar-refractivity contribution in [1.29, 1.82) is 5.26 Å². The van der Waals surface area contributed by atoms with Crippen LogP contribution in [0.15, 0.2) is 52.2 Å². The molecular formula is C26H25N3O3S2. The number of ether oxygens (including phenoxy) is 1. The van der Waals surface area contributed by atoms with Crippen molar-refractivity contribution in [3.63, 3.8) is 0 Å². The number of thioether (sulfide) groups is 1. The lowest BCUT2D eigenvalue weighted by atomic mass is 10.1. The van der Waals surface area contributed by atoms with E-state index >= 15 is 0 Å². The van der Waals surface area contributed by atoms with Crippen LogP contribution in [0.5, 0.6) is 0 Å². The first-order valence-corrected chi connectivity index (χ1v) is 12.9. The minimum Gasteiger partial charge on any atom is -0.378 e. The van der Waals surface area contributed by atoms with Crippen LogP contribution in [-0.2, 0) is 9.53 Å². The van der Waals surface area contributed by atoms with Crippen molar-refractivity contribution >= 4 is 40.7 Å². The first-order valence-electron chi connectivity index (χ1n) is 10.9. The molecule has 0 N–H and O–H groups in total. The number of amides is 1. The third-order valence-electron chi connectivity index (χ3n) is 5.68. The summed E-state index contributed by atoms with van der Waals surface area (Å²) >= 11 is 2.83. The quantitative estimate of drug-likeness (QED) is 0.525. The zero-order valence-corrected chi connectivity index (χ0v) is 21.0. The van der Waals surface area contributed by atoms with Crippen LogP contribution in [-0.4, -0.2) is 47.9 Å². The average molecular weight is 492 g/mol. The summed E-state index contributed by atoms with van der Waals surface area (Å²) in [6, 6.07) is 15.9. The van der Waals surface area contributed by atoms with Gasteiger partial charge in [0.05, 0.1) is 23.4 Å². The molecule has 1 aliphatic rings. The number of morpholine rings is 1. The van der Waals surface area contributed by atoms with E-state index in [0.29, 0.717) is 41.2 Å². The molecule has 1 aromatic heterocycles. The monoisotopic (exact) mass is 491 g/mol. The Hall–Kier alpha value is -3.12. The van der Waals surface area contributed by atoms with Gasteiger partial charge in [-0.25, -0.2) is 0 Å². The molecule has 0 atom stereocenters. The molecule has 1 fully saturated rings. The third-order valence-corrected chi connectivity index (χ3v) is 7.52. The molecule has 8 heteroatoms. The van der Waals surface area contributed by atoms with E-state index in [-0.39, 0.29) is 17.0 Å². The summed E-state index contributed by atoms with van der Waals surface area (Å²) in [7, 11) is 0. The van der Waals surface area contributed by atoms with Gasteiger partial charge < -0.3 is 9.64 Å². The molecule has 0 bridgehead atoms. The molecule has 0 spiro atoms. The van der Waals surface area contributed by atoms with Crippen LogP contribution in [0, 0.1) is 25.2 Å². The van der Waals surface area contributed by atoms with Gasteiger partial charge >= 0.3 is 0 Å². The molecule has 0 saturated carbocycles. The lowest BCUT2D eigenvalue weighted by molar-refractivity contribution is -0.128. The number of aromatic nitrogens is 1. The smallest absolute Gasteiger partial charge is 0.273 e. The number of benzene rings is 2. The van der Waals surface area contributed by atoms with Gasteiger partial charge in [-0.05, 0) is 61.1 Å². The van der Waals surface area contributed by atoms with Gasteiger partial charge in [0.25, 0.3) is 11.5 Å². The van der Waals surface area contributed by atoms with E-state index < -0.39 is 0 Å². The second-order valence-corrected chi connectivity index (χ2v) is 9.92. The Balaban J connectivity index is 2.00. The number of hydrogen-bond acceptors (Lipinski definition) is 6. The van der Waals surface area contributed by atoms with Crippen molar-refractivity contribution in [2.45, 2.75) is 18.7 Å². The molecule has 0 aliphatic carbocycles. The number of carbonyl (C=O) groups excluding carboxylic acids is 1. The second kappa shape index (κ2) is 10.4. The molecule has 4 rings (SSSR count). The maximum Gasteiger partial charge on any atom is 0.273 e. The number of aryl methyl sites for hydroxylation is 2. The largest absolute Gasteiger partial charge is 0.378 e. The highest BCUT2D eigenvalue weighted by atomic mass is 32.2. The van der Waals surface area contributed by atoms with Crippen molar-refractivity contribution in [3.05, 3.63) is 78.7 Å². The Morgan fingerprint density at radius 3 is 2.50 bits per heavy atom. The molecule has 0 unspecified atom stereocenters. The fourth-order valence-corrected chi connectivity index (χ4v) is 5.29. The Morgan fingerprint density at radius 1 is 1.15 bits per heavy atom. The van der Waals surface area contributed by atoms with Crippen LogP contribution >= 0.6 is 23.1 Å². The lowest BCUT2D eigenvalue weighted by Gasteiger charge is -2.26. The zero-order valence-electron chi connectivity index (χ0n) is 19.3. The predicted molar refractivity (Wildman–Crippen MR) is 137 cm³/mol. The van der Waals surface area contributed by atoms with Crippen molar-refractivity contribution in [2.24, 2.45) is 0 Å². The zero-order chi connectivity index (χ0) is 24.2. The van der Waals surface area contributed by atoms with E-state index in [2.05, 4.69) is 6.07 Å². The van der Waals surface area contributed by atoms with Gasteiger partial charge in [0, 0.05) is 18.0 Å². The normalized spacial score (nSPS) is 15.2. The molecule has 1 aliphatic heterocycles. The summed E-state index contributed by atoms with van der Waals surface area (Å²) in [6.07, 6.45) is 3.83. The molecule has 1 amide bonds. The summed E-state index contributed by atoms with van der Waals surface area (Å²) in [5.74, 6) is -0.373. The minimum absolute atomic E-state index is 0.0257. The van der Waals surface area contributed by atoms with Gasteiger partial charge in [0.2, 0.25) is 0 Å². The van der Waals surface area contributed by atoms with Crippen molar-refractivity contribution < 1.29 is 9.53 Å². The predicted octanol–water partition coefficient (Wildman–Crippen LogP) is 2.60. The van der Waals surface area contributed by atoms with E-state index in [9.17, 15) is 14.9 Å². The van der Waals surface area contributed by atoms with E-state index in [1.165, 1.54) is 15.9 Å². The molecule has 174 valence electrons. The maximum absolute atomic E-state index is 13.7. The van der Waals surface area contributed by atoms with Crippen LogP contribution in [0.25, 0.3) is 17.3 Å². The first-order chi connectivity index (χ1) is 16.4. The van der Waals surface area contributed by atoms with Crippen LogP contribution in [0.1, 0.15) is 16.7 Å². The Labute approximate surface area is 206 Å². The standard InChI is InChI=1S/C26H25N3O3S2/c1-17-4-5-18(2)22(14-17)29-25(31)23(15-19-6-8-20(33-3)9-7-19)34-26(29)21(16-27)24(30)28-10-12-32-13-11-28/h4-9,14-15H,10-13H2,1-3H3. The third kappa shape index (κ3) is 4.87. The van der Waals surface area contributed by atoms with Crippen LogP contribution in [0.4, 0.5) is 0 Å². The van der Waals surface area contributed by atoms with Crippen LogP contribution in [0.2, 0.25) is 0 Å². The number of nitriles is 1. The fourth-order valence-electron chi connectivity index (χ4n) is 3.79. The molecule has 0 radical (unpaired) electrons. The topological polar surface area (TPSA) is 75.3 Å². The van der Waals surface area contributed by atoms with E-state index in [0.717, 1.165) is 21.6 Å². The second-order valence-electron chi connectivity index (χ2n) is 8.01. The highest BCUT2D eigenvalue weighted by Crippen LogP contribution is 2.16. The molecule has 1 saturated heterocycles. The number of thiazole rings is 1. The molecule has 3 aromatic rings. The summed E-state index contributed by atoms with van der Waals surface area (Å²) < 4.78 is 7.69. The van der Waals surface area contributed by atoms with Gasteiger partial charge in [0.15, 0.2) is 5.57 Å². The van der Waals surface area contributed by atoms with Crippen molar-refractivity contribution in [2.75, 3.05) is 32.6 Å². The van der Waals surface area contributed by atoms with Crippen molar-refractivity contribution in [3.8, 4) is 11.8 Å². The molecule has 6 nitrogen and oxygen atoms in total.